The van der Waals surface area contributed by atoms with Gasteiger partial charge in [-0.1, -0.05) is 23.8 Å². The predicted octanol–water partition coefficient (Wildman–Crippen LogP) is 3.71. The van der Waals surface area contributed by atoms with Crippen LogP contribution in [-0.2, 0) is 0 Å². The van der Waals surface area contributed by atoms with Crippen molar-refractivity contribution in [2.45, 2.75) is 6.92 Å². The molecule has 88 valence electrons. The Balaban J connectivity index is 2.47. The smallest absolute Gasteiger partial charge is 0.126 e. The Bertz CT molecular complexity index is 503. The van der Waals surface area contributed by atoms with Gasteiger partial charge in [-0.25, -0.2) is 0 Å². The van der Waals surface area contributed by atoms with E-state index in [-0.39, 0.29) is 0 Å². The molecule has 0 atom stereocenters. The van der Waals surface area contributed by atoms with E-state index in [0.717, 1.165) is 17.0 Å². The number of methoxy groups -OCH3 is 1. The van der Waals surface area contributed by atoms with E-state index in [1.807, 2.05) is 13.1 Å². The maximum Gasteiger partial charge on any atom is 0.126 e. The van der Waals surface area contributed by atoms with Gasteiger partial charge in [-0.3, -0.25) is 0 Å². The van der Waals surface area contributed by atoms with Gasteiger partial charge in [-0.05, 0) is 36.8 Å². The van der Waals surface area contributed by atoms with Crippen molar-refractivity contribution in [2.24, 2.45) is 0 Å². The number of nitrogens with one attached hydrogen (secondary N) is 1. The summed E-state index contributed by atoms with van der Waals surface area (Å²) in [7, 11) is 3.62. The van der Waals surface area contributed by atoms with Crippen LogP contribution in [0.4, 0.5) is 5.69 Å². The first-order valence-corrected chi connectivity index (χ1v) is 5.67. The summed E-state index contributed by atoms with van der Waals surface area (Å²) < 4.78 is 5.40. The Morgan fingerprint density at radius 3 is 2.29 bits per heavy atom. The molecule has 1 N–H and O–H groups in total. The van der Waals surface area contributed by atoms with Crippen LogP contribution in [-0.4, -0.2) is 14.2 Å². The molecular formula is C15H17NO. The molecule has 2 aromatic rings. The van der Waals surface area contributed by atoms with Crippen LogP contribution in [0.3, 0.4) is 0 Å². The lowest BCUT2D eigenvalue weighted by molar-refractivity contribution is 0.416. The van der Waals surface area contributed by atoms with Crippen molar-refractivity contribution in [1.29, 1.82) is 0 Å². The molecule has 2 aromatic carbocycles. The van der Waals surface area contributed by atoms with Gasteiger partial charge >= 0.3 is 0 Å². The van der Waals surface area contributed by atoms with Crippen LogP contribution in [0.25, 0.3) is 11.1 Å². The summed E-state index contributed by atoms with van der Waals surface area (Å²) in [5.74, 6) is 0.910. The topological polar surface area (TPSA) is 21.3 Å². The highest BCUT2D eigenvalue weighted by molar-refractivity contribution is 5.72. The maximum atomic E-state index is 5.40. The third-order valence-corrected chi connectivity index (χ3v) is 2.84. The number of hydrogen-bond donors (Lipinski definition) is 1. The van der Waals surface area contributed by atoms with Crippen LogP contribution in [0.1, 0.15) is 5.56 Å². The maximum absolute atomic E-state index is 5.40. The molecule has 2 heteroatoms. The van der Waals surface area contributed by atoms with Crippen LogP contribution < -0.4 is 10.1 Å². The third kappa shape index (κ3) is 2.41. The van der Waals surface area contributed by atoms with Crippen molar-refractivity contribution in [3.05, 3.63) is 48.0 Å². The van der Waals surface area contributed by atoms with E-state index in [4.69, 9.17) is 4.74 Å². The van der Waals surface area contributed by atoms with Crippen LogP contribution in [0.15, 0.2) is 42.5 Å². The highest BCUT2D eigenvalue weighted by Gasteiger charge is 2.05. The standard InChI is InChI=1S/C15H17NO/c1-11-4-9-15(17-3)14(10-11)12-5-7-13(16-2)8-6-12/h4-10,16H,1-3H3. The van der Waals surface area contributed by atoms with Gasteiger partial charge in [0.2, 0.25) is 0 Å². The molecule has 0 radical (unpaired) electrons. The highest BCUT2D eigenvalue weighted by Crippen LogP contribution is 2.31. The lowest BCUT2D eigenvalue weighted by Gasteiger charge is -2.10. The number of rotatable bonds is 3. The van der Waals surface area contributed by atoms with Crippen LogP contribution in [0.5, 0.6) is 5.75 Å². The number of ether oxygens (including phenoxy) is 1. The molecule has 0 aliphatic carbocycles. The van der Waals surface area contributed by atoms with E-state index in [0.29, 0.717) is 0 Å². The van der Waals surface area contributed by atoms with Crippen molar-refractivity contribution in [3.8, 4) is 16.9 Å². The van der Waals surface area contributed by atoms with E-state index in [9.17, 15) is 0 Å². The molecule has 0 spiro atoms. The van der Waals surface area contributed by atoms with E-state index >= 15 is 0 Å². The lowest BCUT2D eigenvalue weighted by Crippen LogP contribution is -1.90. The Morgan fingerprint density at radius 2 is 1.71 bits per heavy atom. The van der Waals surface area contributed by atoms with E-state index in [2.05, 4.69) is 48.6 Å². The van der Waals surface area contributed by atoms with Crippen LogP contribution >= 0.6 is 0 Å². The first-order chi connectivity index (χ1) is 8.24. The highest BCUT2D eigenvalue weighted by atomic mass is 16.5. The van der Waals surface area contributed by atoms with Crippen molar-refractivity contribution in [2.75, 3.05) is 19.5 Å². The molecule has 0 unspecified atom stereocenters. The summed E-state index contributed by atoms with van der Waals surface area (Å²) in [4.78, 5) is 0. The molecule has 0 aliphatic heterocycles. The Kier molecular flexibility index (Phi) is 3.33. The van der Waals surface area contributed by atoms with Crippen molar-refractivity contribution in [1.82, 2.24) is 0 Å². The minimum absolute atomic E-state index is 0.910. The zero-order valence-corrected chi connectivity index (χ0v) is 10.4. The molecular weight excluding hydrogens is 210 g/mol. The lowest BCUT2D eigenvalue weighted by atomic mass is 10.0. The fourth-order valence-electron chi connectivity index (χ4n) is 1.86. The van der Waals surface area contributed by atoms with Gasteiger partial charge in [0.15, 0.2) is 0 Å². The molecule has 2 nitrogen and oxygen atoms in total. The SMILES string of the molecule is CNc1ccc(-c2cc(C)ccc2OC)cc1. The predicted molar refractivity (Wildman–Crippen MR) is 72.7 cm³/mol. The number of hydrogen-bond acceptors (Lipinski definition) is 2. The Labute approximate surface area is 102 Å². The second-order valence-corrected chi connectivity index (χ2v) is 4.03. The summed E-state index contributed by atoms with van der Waals surface area (Å²) in [6, 6.07) is 14.6. The van der Waals surface area contributed by atoms with Crippen molar-refractivity contribution in [3.63, 3.8) is 0 Å². The van der Waals surface area contributed by atoms with Crippen LogP contribution in [0, 0.1) is 6.92 Å². The molecule has 0 heterocycles. The number of benzene rings is 2. The molecule has 0 saturated heterocycles. The van der Waals surface area contributed by atoms with Crippen molar-refractivity contribution >= 4 is 5.69 Å². The number of aryl methyl sites for hydroxylation is 1. The molecule has 0 fully saturated rings. The van der Waals surface area contributed by atoms with Gasteiger partial charge in [0.25, 0.3) is 0 Å². The zero-order chi connectivity index (χ0) is 12.3. The van der Waals surface area contributed by atoms with E-state index in [1.165, 1.54) is 11.1 Å². The first kappa shape index (κ1) is 11.5. The normalized spacial score (nSPS) is 10.1. The van der Waals surface area contributed by atoms with Crippen molar-refractivity contribution < 1.29 is 4.74 Å². The van der Waals surface area contributed by atoms with Gasteiger partial charge in [0.05, 0.1) is 7.11 Å². The average molecular weight is 227 g/mol. The fraction of sp³-hybridized carbons (Fsp3) is 0.200. The second-order valence-electron chi connectivity index (χ2n) is 4.03. The summed E-state index contributed by atoms with van der Waals surface area (Å²) in [6.07, 6.45) is 0. The first-order valence-electron chi connectivity index (χ1n) is 5.67. The number of anilines is 1. The quantitative estimate of drug-likeness (QED) is 0.863. The summed E-state index contributed by atoms with van der Waals surface area (Å²) >= 11 is 0. The largest absolute Gasteiger partial charge is 0.496 e. The van der Waals surface area contributed by atoms with E-state index < -0.39 is 0 Å². The molecule has 2 rings (SSSR count). The summed E-state index contributed by atoms with van der Waals surface area (Å²) in [6.45, 7) is 2.09. The van der Waals surface area contributed by atoms with Gasteiger partial charge in [-0.2, -0.15) is 0 Å². The average Bonchev–Trinajstić information content (AvgIpc) is 2.39. The molecule has 0 aromatic heterocycles. The Morgan fingerprint density at radius 1 is 1.00 bits per heavy atom. The fourth-order valence-corrected chi connectivity index (χ4v) is 1.86. The molecule has 0 bridgehead atoms. The molecule has 0 aliphatic rings. The van der Waals surface area contributed by atoms with Gasteiger partial charge in [0, 0.05) is 18.3 Å². The van der Waals surface area contributed by atoms with Crippen LogP contribution in [0.2, 0.25) is 0 Å². The molecule has 0 amide bonds. The molecule has 0 saturated carbocycles. The Hall–Kier alpha value is -1.96. The monoisotopic (exact) mass is 227 g/mol. The van der Waals surface area contributed by atoms with E-state index in [1.54, 1.807) is 7.11 Å². The minimum atomic E-state index is 0.910. The molecule has 17 heavy (non-hydrogen) atoms. The summed E-state index contributed by atoms with van der Waals surface area (Å²) in [5, 5.41) is 3.11. The van der Waals surface area contributed by atoms with Gasteiger partial charge in [-0.15, -0.1) is 0 Å². The third-order valence-electron chi connectivity index (χ3n) is 2.84. The minimum Gasteiger partial charge on any atom is -0.496 e. The second kappa shape index (κ2) is 4.91. The summed E-state index contributed by atoms with van der Waals surface area (Å²) in [5.41, 5.74) is 4.65. The zero-order valence-electron chi connectivity index (χ0n) is 10.4. The van der Waals surface area contributed by atoms with Gasteiger partial charge in [0.1, 0.15) is 5.75 Å². The van der Waals surface area contributed by atoms with Gasteiger partial charge < -0.3 is 10.1 Å².